The Hall–Kier alpha value is -0.0900. The molecule has 0 amide bonds. The molecule has 0 saturated heterocycles. The van der Waals surface area contributed by atoms with E-state index in [1.165, 1.54) is 32.1 Å². The summed E-state index contributed by atoms with van der Waals surface area (Å²) in [5.41, 5.74) is 0. The van der Waals surface area contributed by atoms with Crippen molar-refractivity contribution in [1.82, 2.24) is 5.32 Å². The van der Waals surface area contributed by atoms with Gasteiger partial charge < -0.3 is 5.32 Å². The minimum Gasteiger partial charge on any atom is -0.317 e. The molecule has 0 spiro atoms. The van der Waals surface area contributed by atoms with Gasteiger partial charge in [-0.25, -0.2) is 8.42 Å². The number of hydrogen-bond acceptors (Lipinski definition) is 3. The average molecular weight is 275 g/mol. The summed E-state index contributed by atoms with van der Waals surface area (Å²) in [6.07, 6.45) is 7.09. The predicted octanol–water partition coefficient (Wildman–Crippen LogP) is 2.62. The highest BCUT2D eigenvalue weighted by atomic mass is 32.2. The molecule has 4 heteroatoms. The van der Waals surface area contributed by atoms with E-state index in [9.17, 15) is 8.42 Å². The summed E-state index contributed by atoms with van der Waals surface area (Å²) in [7, 11) is -0.802. The van der Waals surface area contributed by atoms with Crippen molar-refractivity contribution in [3.05, 3.63) is 0 Å². The summed E-state index contributed by atoms with van der Waals surface area (Å²) in [6.45, 7) is 3.98. The van der Waals surface area contributed by atoms with E-state index in [1.54, 1.807) is 6.92 Å². The molecule has 0 heterocycles. The number of nitrogens with one attached hydrogen (secondary N) is 1. The first-order valence-corrected chi connectivity index (χ1v) is 9.22. The first-order chi connectivity index (χ1) is 8.52. The van der Waals surface area contributed by atoms with Gasteiger partial charge in [-0.15, -0.1) is 0 Å². The Morgan fingerprint density at radius 1 is 1.17 bits per heavy atom. The smallest absolute Gasteiger partial charge is 0.150 e. The fourth-order valence-electron chi connectivity index (χ4n) is 3.21. The summed E-state index contributed by atoms with van der Waals surface area (Å²) in [5, 5.41) is 3.38. The monoisotopic (exact) mass is 275 g/mol. The van der Waals surface area contributed by atoms with Gasteiger partial charge in [0, 0.05) is 11.8 Å². The molecule has 18 heavy (non-hydrogen) atoms. The Kier molecular flexibility index (Phi) is 6.64. The van der Waals surface area contributed by atoms with Crippen LogP contribution in [-0.4, -0.2) is 33.0 Å². The molecule has 1 aliphatic carbocycles. The molecule has 3 unspecified atom stereocenters. The maximum Gasteiger partial charge on any atom is 0.150 e. The number of hydrogen-bond donors (Lipinski definition) is 1. The van der Waals surface area contributed by atoms with E-state index in [-0.39, 0.29) is 5.75 Å². The molecule has 3 nitrogen and oxygen atoms in total. The second kappa shape index (κ2) is 7.49. The Morgan fingerprint density at radius 2 is 1.89 bits per heavy atom. The van der Waals surface area contributed by atoms with Crippen molar-refractivity contribution in [1.29, 1.82) is 0 Å². The zero-order chi connectivity index (χ0) is 13.6. The zero-order valence-electron chi connectivity index (χ0n) is 12.1. The molecule has 1 rings (SSSR count). The van der Waals surface area contributed by atoms with Gasteiger partial charge in [0.25, 0.3) is 0 Å². The van der Waals surface area contributed by atoms with Crippen LogP contribution in [0.15, 0.2) is 0 Å². The van der Waals surface area contributed by atoms with Gasteiger partial charge in [-0.2, -0.15) is 0 Å². The van der Waals surface area contributed by atoms with Crippen molar-refractivity contribution in [2.45, 2.75) is 58.4 Å². The largest absolute Gasteiger partial charge is 0.317 e. The second-order valence-electron chi connectivity index (χ2n) is 5.65. The summed E-state index contributed by atoms with van der Waals surface area (Å²) >= 11 is 0. The van der Waals surface area contributed by atoms with Crippen LogP contribution in [0, 0.1) is 11.8 Å². The topological polar surface area (TPSA) is 46.2 Å². The van der Waals surface area contributed by atoms with Crippen molar-refractivity contribution in [3.63, 3.8) is 0 Å². The van der Waals surface area contributed by atoms with Crippen LogP contribution < -0.4 is 5.32 Å². The minimum absolute atomic E-state index is 0.280. The quantitative estimate of drug-likeness (QED) is 0.777. The lowest BCUT2D eigenvalue weighted by atomic mass is 9.75. The van der Waals surface area contributed by atoms with Crippen molar-refractivity contribution in [3.8, 4) is 0 Å². The van der Waals surface area contributed by atoms with E-state index in [0.717, 1.165) is 12.3 Å². The maximum absolute atomic E-state index is 11.6. The van der Waals surface area contributed by atoms with Crippen LogP contribution in [0.5, 0.6) is 0 Å². The van der Waals surface area contributed by atoms with Crippen LogP contribution >= 0.6 is 0 Å². The predicted molar refractivity (Wildman–Crippen MR) is 77.5 cm³/mol. The summed E-state index contributed by atoms with van der Waals surface area (Å²) < 4.78 is 23.2. The Bertz CT molecular complexity index is 327. The van der Waals surface area contributed by atoms with Gasteiger partial charge in [-0.05, 0) is 44.6 Å². The van der Waals surface area contributed by atoms with Crippen LogP contribution in [0.4, 0.5) is 0 Å². The zero-order valence-corrected chi connectivity index (χ0v) is 12.9. The molecule has 0 aromatic carbocycles. The number of sulfone groups is 1. The summed E-state index contributed by atoms with van der Waals surface area (Å²) in [5.74, 6) is 2.00. The van der Waals surface area contributed by atoms with Crippen LogP contribution in [-0.2, 0) is 9.84 Å². The molecular weight excluding hydrogens is 246 g/mol. The third-order valence-electron chi connectivity index (χ3n) is 4.40. The molecule has 0 aromatic rings. The lowest BCUT2D eigenvalue weighted by Crippen LogP contribution is -2.39. The van der Waals surface area contributed by atoms with Gasteiger partial charge in [0.1, 0.15) is 9.84 Å². The lowest BCUT2D eigenvalue weighted by molar-refractivity contribution is 0.197. The molecule has 1 aliphatic rings. The first kappa shape index (κ1) is 16.0. The van der Waals surface area contributed by atoms with Gasteiger partial charge in [0.15, 0.2) is 0 Å². The Morgan fingerprint density at radius 3 is 2.44 bits per heavy atom. The molecular formula is C14H29NO2S. The minimum atomic E-state index is -2.81. The van der Waals surface area contributed by atoms with Crippen molar-refractivity contribution in [2.75, 3.05) is 18.6 Å². The van der Waals surface area contributed by atoms with Crippen molar-refractivity contribution >= 4 is 9.84 Å². The molecule has 3 atom stereocenters. The molecule has 0 aliphatic heterocycles. The van der Waals surface area contributed by atoms with Gasteiger partial charge in [-0.3, -0.25) is 0 Å². The third kappa shape index (κ3) is 4.88. The van der Waals surface area contributed by atoms with Crippen molar-refractivity contribution in [2.24, 2.45) is 11.8 Å². The summed E-state index contributed by atoms with van der Waals surface area (Å²) in [6, 6.07) is 0.519. The number of rotatable bonds is 7. The highest BCUT2D eigenvalue weighted by molar-refractivity contribution is 7.91. The van der Waals surface area contributed by atoms with Gasteiger partial charge in [0.05, 0.1) is 5.75 Å². The first-order valence-electron chi connectivity index (χ1n) is 7.40. The fraction of sp³-hybridized carbons (Fsp3) is 1.00. The molecule has 1 saturated carbocycles. The SMILES string of the molecule is CCCC1CCC(NC)C(CCS(=O)(=O)CC)C1. The van der Waals surface area contributed by atoms with Crippen molar-refractivity contribution < 1.29 is 8.42 Å². The Labute approximate surface area is 113 Å². The molecule has 0 aromatic heterocycles. The maximum atomic E-state index is 11.6. The molecule has 108 valence electrons. The second-order valence-corrected chi connectivity index (χ2v) is 8.12. The standard InChI is InChI=1S/C14H29NO2S/c1-4-6-12-7-8-14(15-3)13(11-12)9-10-18(16,17)5-2/h12-15H,4-11H2,1-3H3. The molecule has 0 radical (unpaired) electrons. The third-order valence-corrected chi connectivity index (χ3v) is 6.14. The van der Waals surface area contributed by atoms with Gasteiger partial charge >= 0.3 is 0 Å². The highest BCUT2D eigenvalue weighted by Crippen LogP contribution is 2.34. The molecule has 1 fully saturated rings. The van der Waals surface area contributed by atoms with Crippen LogP contribution in [0.1, 0.15) is 52.4 Å². The van der Waals surface area contributed by atoms with E-state index in [4.69, 9.17) is 0 Å². The van der Waals surface area contributed by atoms with E-state index < -0.39 is 9.84 Å². The van der Waals surface area contributed by atoms with E-state index in [0.29, 0.717) is 17.7 Å². The lowest BCUT2D eigenvalue weighted by Gasteiger charge is -2.36. The normalized spacial score (nSPS) is 29.4. The van der Waals surface area contributed by atoms with Crippen LogP contribution in [0.25, 0.3) is 0 Å². The fourth-order valence-corrected chi connectivity index (χ4v) is 4.16. The van der Waals surface area contributed by atoms with Crippen LogP contribution in [0.2, 0.25) is 0 Å². The van der Waals surface area contributed by atoms with E-state index >= 15 is 0 Å². The molecule has 1 N–H and O–H groups in total. The summed E-state index contributed by atoms with van der Waals surface area (Å²) in [4.78, 5) is 0. The highest BCUT2D eigenvalue weighted by Gasteiger charge is 2.29. The molecule has 0 bridgehead atoms. The van der Waals surface area contributed by atoms with Gasteiger partial charge in [0.2, 0.25) is 0 Å². The van der Waals surface area contributed by atoms with Crippen LogP contribution in [0.3, 0.4) is 0 Å². The van der Waals surface area contributed by atoms with Gasteiger partial charge in [-0.1, -0.05) is 26.7 Å². The van der Waals surface area contributed by atoms with E-state index in [1.807, 2.05) is 7.05 Å². The van der Waals surface area contributed by atoms with E-state index in [2.05, 4.69) is 12.2 Å². The average Bonchev–Trinajstić information content (AvgIpc) is 2.37. The Balaban J connectivity index is 2.52.